The van der Waals surface area contributed by atoms with Crippen molar-refractivity contribution in [2.24, 2.45) is 0 Å². The first-order valence-corrected chi connectivity index (χ1v) is 27.7. The molecule has 12 heteroatoms. The molecular weight excluding hydrogens is 1080 g/mol. The Morgan fingerprint density at radius 1 is 0.318 bits per heavy atom. The van der Waals surface area contributed by atoms with E-state index >= 15 is 0 Å². The van der Waals surface area contributed by atoms with Crippen LogP contribution in [0.2, 0.25) is 0 Å². The minimum Gasteiger partial charge on any atom is -0.309 e. The number of nitriles is 4. The Morgan fingerprint density at radius 3 is 1.38 bits per heavy atom. The van der Waals surface area contributed by atoms with Crippen molar-refractivity contribution in [3.8, 4) is 114 Å². The molecular formula is C76H38N12. The summed E-state index contributed by atoms with van der Waals surface area (Å²) in [5.41, 5.74) is 14.6. The zero-order valence-electron chi connectivity index (χ0n) is 46.3. The van der Waals surface area contributed by atoms with Crippen molar-refractivity contribution in [1.82, 2.24) is 24.1 Å². The van der Waals surface area contributed by atoms with Crippen LogP contribution in [0.5, 0.6) is 0 Å². The van der Waals surface area contributed by atoms with E-state index in [4.69, 9.17) is 34.7 Å². The number of para-hydroxylation sites is 2. The fourth-order valence-corrected chi connectivity index (χ4v) is 12.0. The van der Waals surface area contributed by atoms with Gasteiger partial charge >= 0.3 is 0 Å². The van der Waals surface area contributed by atoms with Crippen molar-refractivity contribution in [3.63, 3.8) is 0 Å². The van der Waals surface area contributed by atoms with Crippen LogP contribution in [0.25, 0.3) is 148 Å². The highest BCUT2D eigenvalue weighted by atomic mass is 15.0. The summed E-state index contributed by atoms with van der Waals surface area (Å²) in [6, 6.07) is 83.0. The molecule has 3 heterocycles. The van der Waals surface area contributed by atoms with E-state index in [0.717, 1.165) is 88.4 Å². The average molecular weight is 1120 g/mol. The molecule has 12 nitrogen and oxygen atoms in total. The monoisotopic (exact) mass is 1120 g/mol. The van der Waals surface area contributed by atoms with E-state index in [1.165, 1.54) is 24.3 Å². The van der Waals surface area contributed by atoms with Crippen LogP contribution in [0.1, 0.15) is 22.3 Å². The fraction of sp³-hybridized carbons (Fsp3) is 0. The molecule has 0 bridgehead atoms. The van der Waals surface area contributed by atoms with Gasteiger partial charge in [0.2, 0.25) is 0 Å². The summed E-state index contributed by atoms with van der Waals surface area (Å²) in [5, 5.41) is 44.5. The molecule has 0 spiro atoms. The van der Waals surface area contributed by atoms with Gasteiger partial charge in [-0.15, -0.1) is 0 Å². The second-order valence-electron chi connectivity index (χ2n) is 20.8. The number of nitrogens with zero attached hydrogens (tertiary/aromatic N) is 12. The number of hydrogen-bond donors (Lipinski definition) is 0. The number of aromatic nitrogens is 5. The van der Waals surface area contributed by atoms with E-state index in [1.807, 2.05) is 146 Å². The van der Waals surface area contributed by atoms with Gasteiger partial charge in [0.1, 0.15) is 0 Å². The first kappa shape index (κ1) is 52.5. The third kappa shape index (κ3) is 8.85. The summed E-state index contributed by atoms with van der Waals surface area (Å²) in [5.74, 6) is 1.44. The van der Waals surface area contributed by atoms with Gasteiger partial charge in [0, 0.05) is 71.6 Å². The summed E-state index contributed by atoms with van der Waals surface area (Å²) >= 11 is 0. The lowest BCUT2D eigenvalue weighted by Crippen LogP contribution is -2.04. The lowest BCUT2D eigenvalue weighted by atomic mass is 9.94. The minimum absolute atomic E-state index is 0.202. The fourth-order valence-electron chi connectivity index (χ4n) is 12.0. The lowest BCUT2D eigenvalue weighted by Gasteiger charge is -2.21. The summed E-state index contributed by atoms with van der Waals surface area (Å²) in [4.78, 5) is 26.7. The van der Waals surface area contributed by atoms with E-state index in [2.05, 4.69) is 103 Å². The van der Waals surface area contributed by atoms with Gasteiger partial charge in [-0.25, -0.2) is 29.5 Å². The van der Waals surface area contributed by atoms with Crippen molar-refractivity contribution < 1.29 is 0 Å². The van der Waals surface area contributed by atoms with Crippen molar-refractivity contribution in [2.45, 2.75) is 0 Å². The van der Waals surface area contributed by atoms with E-state index in [-0.39, 0.29) is 33.8 Å². The van der Waals surface area contributed by atoms with E-state index in [9.17, 15) is 21.0 Å². The third-order valence-electron chi connectivity index (χ3n) is 15.9. The van der Waals surface area contributed by atoms with Crippen molar-refractivity contribution >= 4 is 60.7 Å². The normalized spacial score (nSPS) is 10.9. The first-order valence-electron chi connectivity index (χ1n) is 27.7. The molecule has 0 aliphatic rings. The van der Waals surface area contributed by atoms with Gasteiger partial charge in [0.25, 0.3) is 0 Å². The van der Waals surface area contributed by atoms with Crippen LogP contribution < -0.4 is 0 Å². The maximum absolute atomic E-state index is 10.5. The van der Waals surface area contributed by atoms with Gasteiger partial charge in [-0.1, -0.05) is 140 Å². The van der Waals surface area contributed by atoms with Crippen LogP contribution in [-0.2, 0) is 0 Å². The van der Waals surface area contributed by atoms with E-state index in [1.54, 1.807) is 6.07 Å². The molecule has 11 aromatic carbocycles. The van der Waals surface area contributed by atoms with Gasteiger partial charge in [-0.3, -0.25) is 0 Å². The quantitative estimate of drug-likeness (QED) is 0.130. The molecule has 402 valence electrons. The van der Waals surface area contributed by atoms with Gasteiger partial charge < -0.3 is 9.13 Å². The van der Waals surface area contributed by atoms with Crippen LogP contribution in [0, 0.1) is 65.0 Å². The minimum atomic E-state index is 0.202. The number of fused-ring (bicyclic) bond motifs is 6. The molecule has 0 amide bonds. The van der Waals surface area contributed by atoms with Crippen molar-refractivity contribution in [1.29, 1.82) is 21.0 Å². The maximum Gasteiger partial charge on any atom is 0.197 e. The summed E-state index contributed by atoms with van der Waals surface area (Å²) in [6.07, 6.45) is 0. The molecule has 0 fully saturated rings. The van der Waals surface area contributed by atoms with Crippen molar-refractivity contribution in [2.75, 3.05) is 0 Å². The molecule has 0 aliphatic carbocycles. The molecule has 0 radical (unpaired) electrons. The Bertz CT molecular complexity index is 5480. The highest BCUT2D eigenvalue weighted by molar-refractivity contribution is 6.13. The standard InChI is InChI=1S/C76H38N12/c1-81-57-36-56(45-80)73(65(41-57)83-3)53-27-31-70-62(38-53)59-22-11-13-24-67(59)88(70)71-40-51(50-20-14-15-46(33-50)42-77)25-29-60(71)63-39-54(76-85-74(48-16-6-4-7-17-48)84-75(86-76)49-18-8-5-9-19-49)28-32-69(63)87-66-23-12-10-21-58(66)61-37-52(26-30-68(61)87)72-55(44-79)34-47(43-78)35-64(72)82-2/h4-41H. The Kier molecular flexibility index (Phi) is 12.9. The third-order valence-corrected chi connectivity index (χ3v) is 15.9. The smallest absolute Gasteiger partial charge is 0.197 e. The highest BCUT2D eigenvalue weighted by Crippen LogP contribution is 2.47. The molecule has 0 N–H and O–H groups in total. The van der Waals surface area contributed by atoms with Gasteiger partial charge in [-0.05, 0) is 113 Å². The summed E-state index contributed by atoms with van der Waals surface area (Å²) in [6.45, 7) is 24.0. The zero-order chi connectivity index (χ0) is 60.0. The van der Waals surface area contributed by atoms with E-state index < -0.39 is 0 Å². The largest absolute Gasteiger partial charge is 0.309 e. The van der Waals surface area contributed by atoms with Crippen LogP contribution >= 0.6 is 0 Å². The summed E-state index contributed by atoms with van der Waals surface area (Å²) < 4.78 is 4.47. The Morgan fingerprint density at radius 2 is 0.807 bits per heavy atom. The topological polar surface area (TPSA) is 157 Å². The molecule has 3 aromatic heterocycles. The van der Waals surface area contributed by atoms with Crippen LogP contribution in [-0.4, -0.2) is 24.1 Å². The van der Waals surface area contributed by atoms with Crippen LogP contribution in [0.4, 0.5) is 17.1 Å². The second-order valence-corrected chi connectivity index (χ2v) is 20.8. The summed E-state index contributed by atoms with van der Waals surface area (Å²) in [7, 11) is 0. The van der Waals surface area contributed by atoms with Crippen LogP contribution in [0.3, 0.4) is 0 Å². The van der Waals surface area contributed by atoms with E-state index in [0.29, 0.717) is 50.9 Å². The molecule has 0 saturated heterocycles. The SMILES string of the molecule is [C-]#[N+]c1cc(C#N)c(-c2ccc3c(c2)c2ccccc2n3-c2cc(-c3cccc(C#N)c3)ccc2-c2cc(-c3nc(-c4ccccc4)nc(-c4ccccc4)n3)ccc2-n2c3ccccc3c3cc(-c4c(C#N)cc(C#N)cc4[N+]#[C-])ccc32)c([N+]#[C-])c1. The Balaban J connectivity index is 1.09. The van der Waals surface area contributed by atoms with Crippen LogP contribution in [0.15, 0.2) is 231 Å². The Labute approximate surface area is 504 Å². The van der Waals surface area contributed by atoms with Gasteiger partial charge in [-0.2, -0.15) is 21.0 Å². The second kappa shape index (κ2) is 21.7. The Hall–Kier alpha value is -13.5. The molecule has 14 aromatic rings. The molecule has 0 atom stereocenters. The molecule has 14 rings (SSSR count). The first-order chi connectivity index (χ1) is 43.3. The molecule has 0 saturated carbocycles. The molecule has 0 aliphatic heterocycles. The number of hydrogen-bond acceptors (Lipinski definition) is 7. The molecule has 88 heavy (non-hydrogen) atoms. The average Bonchev–Trinajstić information content (AvgIpc) is 3.66. The highest BCUT2D eigenvalue weighted by Gasteiger charge is 2.25. The number of rotatable bonds is 9. The maximum atomic E-state index is 10.5. The molecule has 0 unspecified atom stereocenters. The predicted molar refractivity (Wildman–Crippen MR) is 344 cm³/mol. The predicted octanol–water partition coefficient (Wildman–Crippen LogP) is 18.9. The lowest BCUT2D eigenvalue weighted by molar-refractivity contribution is 1.07. The van der Waals surface area contributed by atoms with Gasteiger partial charge in [0.05, 0.1) is 88.6 Å². The van der Waals surface area contributed by atoms with Gasteiger partial charge in [0.15, 0.2) is 34.5 Å². The number of benzene rings is 11. The van der Waals surface area contributed by atoms with Crippen molar-refractivity contribution in [3.05, 3.63) is 287 Å². The zero-order valence-corrected chi connectivity index (χ0v) is 46.3.